The molecule has 1 aromatic rings. The van der Waals surface area contributed by atoms with E-state index in [-0.39, 0.29) is 5.91 Å². The maximum atomic E-state index is 14.4. The van der Waals surface area contributed by atoms with Crippen molar-refractivity contribution in [3.05, 3.63) is 29.8 Å². The van der Waals surface area contributed by atoms with Gasteiger partial charge in [-0.2, -0.15) is 8.78 Å². The number of nitrogens with one attached hydrogen (secondary N) is 2. The van der Waals surface area contributed by atoms with Crippen LogP contribution >= 0.6 is 0 Å². The van der Waals surface area contributed by atoms with Crippen LogP contribution in [0.15, 0.2) is 24.3 Å². The molecule has 2 rings (SSSR count). The Morgan fingerprint density at radius 2 is 1.79 bits per heavy atom. The van der Waals surface area contributed by atoms with Crippen LogP contribution in [0, 0.1) is 5.92 Å². The Kier molecular flexibility index (Phi) is 5.75. The van der Waals surface area contributed by atoms with Gasteiger partial charge in [-0.3, -0.25) is 9.59 Å². The lowest BCUT2D eigenvalue weighted by Gasteiger charge is -2.32. The van der Waals surface area contributed by atoms with E-state index in [4.69, 9.17) is 4.74 Å². The van der Waals surface area contributed by atoms with E-state index >= 15 is 0 Å². The zero-order valence-corrected chi connectivity index (χ0v) is 13.8. The van der Waals surface area contributed by atoms with Crippen molar-refractivity contribution in [2.24, 2.45) is 5.92 Å². The molecule has 7 heteroatoms. The summed E-state index contributed by atoms with van der Waals surface area (Å²) in [6.45, 7) is 0. The predicted octanol–water partition coefficient (Wildman–Crippen LogP) is 2.21. The van der Waals surface area contributed by atoms with Crippen molar-refractivity contribution >= 4 is 11.8 Å². The monoisotopic (exact) mass is 340 g/mol. The summed E-state index contributed by atoms with van der Waals surface area (Å²) >= 11 is 0. The lowest BCUT2D eigenvalue weighted by Crippen LogP contribution is -2.51. The van der Waals surface area contributed by atoms with Gasteiger partial charge >= 0.3 is 5.92 Å². The van der Waals surface area contributed by atoms with E-state index in [0.717, 1.165) is 25.0 Å². The second kappa shape index (κ2) is 7.59. The normalized spacial score (nSPS) is 21.0. The Labute approximate surface area is 139 Å². The van der Waals surface area contributed by atoms with Gasteiger partial charge in [0.1, 0.15) is 5.75 Å². The molecule has 5 nitrogen and oxygen atoms in total. The molecule has 24 heavy (non-hydrogen) atoms. The highest BCUT2D eigenvalue weighted by atomic mass is 19.3. The van der Waals surface area contributed by atoms with Crippen molar-refractivity contribution in [3.63, 3.8) is 0 Å². The fraction of sp³-hybridized carbons (Fsp3) is 0.529. The minimum Gasteiger partial charge on any atom is -0.497 e. The fourth-order valence-electron chi connectivity index (χ4n) is 2.99. The summed E-state index contributed by atoms with van der Waals surface area (Å²) in [6, 6.07) is 4.51. The molecule has 0 saturated heterocycles. The van der Waals surface area contributed by atoms with Crippen LogP contribution in [0.25, 0.3) is 0 Å². The summed E-state index contributed by atoms with van der Waals surface area (Å²) in [4.78, 5) is 24.0. The van der Waals surface area contributed by atoms with E-state index in [2.05, 4.69) is 10.6 Å². The zero-order chi connectivity index (χ0) is 17.7. The van der Waals surface area contributed by atoms with Crippen LogP contribution in [-0.4, -0.2) is 32.0 Å². The minimum absolute atomic E-state index is 0.229. The summed E-state index contributed by atoms with van der Waals surface area (Å²) in [5.74, 6) is -5.32. The molecule has 1 aliphatic rings. The Morgan fingerprint density at radius 1 is 1.17 bits per heavy atom. The summed E-state index contributed by atoms with van der Waals surface area (Å²) < 4.78 is 33.7. The van der Waals surface area contributed by atoms with Crippen molar-refractivity contribution in [1.82, 2.24) is 10.6 Å². The lowest BCUT2D eigenvalue weighted by molar-refractivity contribution is -0.149. The third-order valence-electron chi connectivity index (χ3n) is 4.40. The van der Waals surface area contributed by atoms with Crippen LogP contribution in [0.4, 0.5) is 8.78 Å². The van der Waals surface area contributed by atoms with E-state index in [9.17, 15) is 18.4 Å². The third-order valence-corrected chi connectivity index (χ3v) is 4.40. The maximum absolute atomic E-state index is 14.4. The summed E-state index contributed by atoms with van der Waals surface area (Å²) in [5, 5.41) is 4.90. The molecule has 1 saturated carbocycles. The number of carbonyl (C=O) groups excluding carboxylic acids is 2. The van der Waals surface area contributed by atoms with Crippen LogP contribution in [0.1, 0.15) is 31.2 Å². The number of halogens is 2. The Bertz CT molecular complexity index is 590. The van der Waals surface area contributed by atoms with Gasteiger partial charge in [0.05, 0.1) is 13.0 Å². The molecule has 0 aromatic heterocycles. The number of alkyl halides is 2. The van der Waals surface area contributed by atoms with Crippen molar-refractivity contribution in [3.8, 4) is 5.75 Å². The first-order chi connectivity index (χ1) is 11.4. The van der Waals surface area contributed by atoms with Crippen molar-refractivity contribution in [2.75, 3.05) is 14.2 Å². The van der Waals surface area contributed by atoms with Crippen LogP contribution in [0.2, 0.25) is 0 Å². The molecule has 2 amide bonds. The minimum atomic E-state index is -3.67. The smallest absolute Gasteiger partial charge is 0.349 e. The number of ether oxygens (including phenoxy) is 1. The Balaban J connectivity index is 2.12. The molecular formula is C17H22F2N2O3. The van der Waals surface area contributed by atoms with Crippen molar-refractivity contribution in [1.29, 1.82) is 0 Å². The van der Waals surface area contributed by atoms with Gasteiger partial charge in [0.25, 0.3) is 5.91 Å². The van der Waals surface area contributed by atoms with Crippen molar-refractivity contribution in [2.45, 2.75) is 37.6 Å². The molecule has 0 bridgehead atoms. The number of benzene rings is 1. The third kappa shape index (κ3) is 3.83. The summed E-state index contributed by atoms with van der Waals surface area (Å²) in [6.07, 6.45) is 2.74. The molecule has 2 N–H and O–H groups in total. The van der Waals surface area contributed by atoms with Crippen molar-refractivity contribution < 1.29 is 23.1 Å². The van der Waals surface area contributed by atoms with E-state index in [1.807, 2.05) is 0 Å². The average molecular weight is 340 g/mol. The second-order valence-corrected chi connectivity index (χ2v) is 5.89. The fourth-order valence-corrected chi connectivity index (χ4v) is 2.99. The van der Waals surface area contributed by atoms with Crippen LogP contribution < -0.4 is 15.4 Å². The number of carbonyl (C=O) groups is 2. The highest BCUT2D eigenvalue weighted by Gasteiger charge is 2.43. The van der Waals surface area contributed by atoms with Gasteiger partial charge in [-0.25, -0.2) is 0 Å². The molecular weight excluding hydrogens is 318 g/mol. The maximum Gasteiger partial charge on any atom is 0.349 e. The first-order valence-electron chi connectivity index (χ1n) is 7.95. The van der Waals surface area contributed by atoms with Gasteiger partial charge < -0.3 is 15.4 Å². The average Bonchev–Trinajstić information content (AvgIpc) is 2.61. The second-order valence-electron chi connectivity index (χ2n) is 5.89. The zero-order valence-electron chi connectivity index (χ0n) is 13.8. The van der Waals surface area contributed by atoms with E-state index in [1.54, 1.807) is 0 Å². The van der Waals surface area contributed by atoms with Gasteiger partial charge in [0.2, 0.25) is 5.91 Å². The number of amides is 2. The number of rotatable bonds is 5. The standard InChI is InChI=1S/C17H22F2N2O3/c1-20-15(22)13-5-3-4-6-14(13)21-16(23)17(18,19)11-7-9-12(24-2)10-8-11/h7-10,13-14H,3-6H2,1-2H3,(H,20,22)(H,21,23)/t13-,14-/m0/s1. The SMILES string of the molecule is CNC(=O)[C@H]1CCCC[C@@H]1NC(=O)C(F)(F)c1ccc(OC)cc1. The predicted molar refractivity (Wildman–Crippen MR) is 84.8 cm³/mol. The summed E-state index contributed by atoms with van der Waals surface area (Å²) in [5.41, 5.74) is -0.409. The van der Waals surface area contributed by atoms with Gasteiger partial charge in [0, 0.05) is 18.7 Å². The van der Waals surface area contributed by atoms with E-state index < -0.39 is 29.4 Å². The summed E-state index contributed by atoms with van der Waals surface area (Å²) in [7, 11) is 2.93. The largest absolute Gasteiger partial charge is 0.497 e. The van der Waals surface area contributed by atoms with Crippen LogP contribution in [0.5, 0.6) is 5.75 Å². The first-order valence-corrected chi connectivity index (χ1v) is 7.95. The van der Waals surface area contributed by atoms with Gasteiger partial charge in [-0.15, -0.1) is 0 Å². The van der Waals surface area contributed by atoms with Gasteiger partial charge in [-0.05, 0) is 37.1 Å². The van der Waals surface area contributed by atoms with Crippen LogP contribution in [0.3, 0.4) is 0 Å². The van der Waals surface area contributed by atoms with E-state index in [0.29, 0.717) is 18.6 Å². The molecule has 1 aliphatic carbocycles. The molecule has 1 fully saturated rings. The molecule has 0 unspecified atom stereocenters. The molecule has 0 aliphatic heterocycles. The molecule has 1 aromatic carbocycles. The highest BCUT2D eigenvalue weighted by Crippen LogP contribution is 2.31. The molecule has 132 valence electrons. The number of hydrogen-bond donors (Lipinski definition) is 2. The first kappa shape index (κ1) is 18.2. The topological polar surface area (TPSA) is 67.4 Å². The lowest BCUT2D eigenvalue weighted by atomic mass is 9.83. The Hall–Kier alpha value is -2.18. The highest BCUT2D eigenvalue weighted by molar-refractivity contribution is 5.86. The number of hydrogen-bond acceptors (Lipinski definition) is 3. The van der Waals surface area contributed by atoms with Crippen LogP contribution in [-0.2, 0) is 15.5 Å². The molecule has 0 spiro atoms. The molecule has 0 heterocycles. The quantitative estimate of drug-likeness (QED) is 0.864. The molecule has 0 radical (unpaired) electrons. The van der Waals surface area contributed by atoms with E-state index in [1.165, 1.54) is 26.3 Å². The van der Waals surface area contributed by atoms with Gasteiger partial charge in [-0.1, -0.05) is 12.8 Å². The number of methoxy groups -OCH3 is 1. The Morgan fingerprint density at radius 3 is 2.38 bits per heavy atom. The van der Waals surface area contributed by atoms with Gasteiger partial charge in [0.15, 0.2) is 0 Å². The molecule has 2 atom stereocenters.